The van der Waals surface area contributed by atoms with Crippen molar-refractivity contribution in [3.8, 4) is 11.5 Å². The van der Waals surface area contributed by atoms with Crippen molar-refractivity contribution in [1.29, 1.82) is 0 Å². The molecule has 0 spiro atoms. The number of rotatable bonds is 4. The van der Waals surface area contributed by atoms with Crippen LogP contribution in [0, 0.1) is 0 Å². The Morgan fingerprint density at radius 2 is 1.91 bits per heavy atom. The predicted octanol–water partition coefficient (Wildman–Crippen LogP) is 1.20. The molecule has 0 fully saturated rings. The molecule has 2 heterocycles. The summed E-state index contributed by atoms with van der Waals surface area (Å²) in [4.78, 5) is 16.9. The molecule has 3 aromatic rings. The van der Waals surface area contributed by atoms with E-state index in [4.69, 9.17) is 9.47 Å². The lowest BCUT2D eigenvalue weighted by atomic mass is 10.2. The van der Waals surface area contributed by atoms with Crippen LogP contribution in [0.2, 0.25) is 0 Å². The summed E-state index contributed by atoms with van der Waals surface area (Å²) in [5, 5.41) is 4.59. The monoisotopic (exact) mass is 300 g/mol. The molecule has 0 N–H and O–H groups in total. The molecule has 7 heteroatoms. The molecule has 7 nitrogen and oxygen atoms in total. The molecule has 0 radical (unpaired) electrons. The number of hydrogen-bond donors (Lipinski definition) is 0. The van der Waals surface area contributed by atoms with Gasteiger partial charge in [-0.25, -0.2) is 4.98 Å². The van der Waals surface area contributed by atoms with Gasteiger partial charge in [-0.2, -0.15) is 5.10 Å². The first kappa shape index (κ1) is 14.1. The maximum absolute atomic E-state index is 12.6. The molecular weight excluding hydrogens is 284 g/mol. The van der Waals surface area contributed by atoms with Gasteiger partial charge in [0, 0.05) is 24.9 Å². The lowest BCUT2D eigenvalue weighted by molar-refractivity contribution is 0.355. The molecule has 0 aliphatic heterocycles. The van der Waals surface area contributed by atoms with Crippen LogP contribution in [0.5, 0.6) is 11.5 Å². The van der Waals surface area contributed by atoms with Gasteiger partial charge in [0.05, 0.1) is 44.2 Å². The van der Waals surface area contributed by atoms with E-state index in [-0.39, 0.29) is 5.56 Å². The Morgan fingerprint density at radius 3 is 2.55 bits per heavy atom. The van der Waals surface area contributed by atoms with Crippen LogP contribution >= 0.6 is 0 Å². The number of fused-ring (bicyclic) bond motifs is 1. The van der Waals surface area contributed by atoms with E-state index in [1.807, 2.05) is 13.2 Å². The first-order chi connectivity index (χ1) is 10.6. The Morgan fingerprint density at radius 1 is 1.18 bits per heavy atom. The quantitative estimate of drug-likeness (QED) is 0.724. The van der Waals surface area contributed by atoms with Gasteiger partial charge in [0.1, 0.15) is 0 Å². The van der Waals surface area contributed by atoms with Crippen molar-refractivity contribution < 1.29 is 9.47 Å². The van der Waals surface area contributed by atoms with E-state index in [0.29, 0.717) is 28.9 Å². The minimum Gasteiger partial charge on any atom is -0.493 e. The Hall–Kier alpha value is -2.83. The third kappa shape index (κ3) is 2.41. The number of hydrogen-bond acceptors (Lipinski definition) is 5. The summed E-state index contributed by atoms with van der Waals surface area (Å²) in [7, 11) is 4.92. The Kier molecular flexibility index (Phi) is 3.54. The SMILES string of the molecule is COc1cc2ncn(Cc3cnn(C)c3)c(=O)c2cc1OC. The average molecular weight is 300 g/mol. The van der Waals surface area contributed by atoms with E-state index in [0.717, 1.165) is 5.56 Å². The van der Waals surface area contributed by atoms with E-state index in [9.17, 15) is 4.79 Å². The van der Waals surface area contributed by atoms with Gasteiger partial charge in [0.15, 0.2) is 11.5 Å². The molecule has 0 bridgehead atoms. The van der Waals surface area contributed by atoms with Crippen molar-refractivity contribution in [1.82, 2.24) is 19.3 Å². The fraction of sp³-hybridized carbons (Fsp3) is 0.267. The van der Waals surface area contributed by atoms with Crippen LogP contribution in [0.3, 0.4) is 0 Å². The Balaban J connectivity index is 2.10. The zero-order valence-corrected chi connectivity index (χ0v) is 12.6. The van der Waals surface area contributed by atoms with Crippen molar-refractivity contribution in [2.24, 2.45) is 7.05 Å². The van der Waals surface area contributed by atoms with E-state index >= 15 is 0 Å². The van der Waals surface area contributed by atoms with Crippen molar-refractivity contribution >= 4 is 10.9 Å². The summed E-state index contributed by atoms with van der Waals surface area (Å²) in [5.41, 5.74) is 1.38. The third-order valence-corrected chi connectivity index (χ3v) is 3.44. The summed E-state index contributed by atoms with van der Waals surface area (Å²) < 4.78 is 13.7. The molecule has 1 aromatic carbocycles. The van der Waals surface area contributed by atoms with Gasteiger partial charge in [-0.3, -0.25) is 14.0 Å². The minimum atomic E-state index is -0.130. The first-order valence-corrected chi connectivity index (χ1v) is 6.71. The summed E-state index contributed by atoms with van der Waals surface area (Å²) >= 11 is 0. The second-order valence-corrected chi connectivity index (χ2v) is 4.92. The van der Waals surface area contributed by atoms with Crippen molar-refractivity contribution in [2.75, 3.05) is 14.2 Å². The number of aromatic nitrogens is 4. The number of methoxy groups -OCH3 is 2. The number of aryl methyl sites for hydroxylation is 1. The second-order valence-electron chi connectivity index (χ2n) is 4.92. The molecule has 0 aliphatic carbocycles. The maximum atomic E-state index is 12.6. The summed E-state index contributed by atoms with van der Waals surface area (Å²) in [6.07, 6.45) is 5.13. The first-order valence-electron chi connectivity index (χ1n) is 6.71. The summed E-state index contributed by atoms with van der Waals surface area (Å²) in [6.45, 7) is 0.421. The zero-order chi connectivity index (χ0) is 15.7. The van der Waals surface area contributed by atoms with Crippen LogP contribution in [0.4, 0.5) is 0 Å². The summed E-state index contributed by atoms with van der Waals surface area (Å²) in [5.74, 6) is 1.06. The van der Waals surface area contributed by atoms with Gasteiger partial charge in [-0.15, -0.1) is 0 Å². The highest BCUT2D eigenvalue weighted by molar-refractivity contribution is 5.81. The number of benzene rings is 1. The molecule has 0 atom stereocenters. The summed E-state index contributed by atoms with van der Waals surface area (Å²) in [6, 6.07) is 3.35. The highest BCUT2D eigenvalue weighted by Gasteiger charge is 2.11. The van der Waals surface area contributed by atoms with Gasteiger partial charge in [-0.05, 0) is 6.07 Å². The number of ether oxygens (including phenoxy) is 2. The van der Waals surface area contributed by atoms with Crippen LogP contribution in [-0.4, -0.2) is 33.6 Å². The Bertz CT molecular complexity index is 882. The van der Waals surface area contributed by atoms with E-state index in [2.05, 4.69) is 10.1 Å². The van der Waals surface area contributed by atoms with E-state index in [1.54, 1.807) is 34.7 Å². The van der Waals surface area contributed by atoms with Gasteiger partial charge < -0.3 is 9.47 Å². The maximum Gasteiger partial charge on any atom is 0.261 e. The lowest BCUT2D eigenvalue weighted by Gasteiger charge is -2.10. The standard InChI is InChI=1S/C15H16N4O3/c1-18-7-10(6-17-18)8-19-9-16-12-5-14(22-3)13(21-2)4-11(12)15(19)20/h4-7,9H,8H2,1-3H3. The van der Waals surface area contributed by atoms with Crippen LogP contribution in [0.25, 0.3) is 10.9 Å². The smallest absolute Gasteiger partial charge is 0.261 e. The normalized spacial score (nSPS) is 10.9. The van der Waals surface area contributed by atoms with Crippen LogP contribution < -0.4 is 15.0 Å². The molecule has 0 amide bonds. The van der Waals surface area contributed by atoms with Crippen molar-refractivity contribution in [3.05, 3.63) is 46.8 Å². The van der Waals surface area contributed by atoms with Crippen LogP contribution in [0.15, 0.2) is 35.6 Å². The molecule has 22 heavy (non-hydrogen) atoms. The van der Waals surface area contributed by atoms with Crippen LogP contribution in [0.1, 0.15) is 5.56 Å². The zero-order valence-electron chi connectivity index (χ0n) is 12.6. The average Bonchev–Trinajstić information content (AvgIpc) is 2.94. The predicted molar refractivity (Wildman–Crippen MR) is 81.4 cm³/mol. The molecule has 2 aromatic heterocycles. The minimum absolute atomic E-state index is 0.130. The topological polar surface area (TPSA) is 71.2 Å². The Labute approximate surface area is 126 Å². The molecule has 114 valence electrons. The van der Waals surface area contributed by atoms with E-state index in [1.165, 1.54) is 13.4 Å². The highest BCUT2D eigenvalue weighted by Crippen LogP contribution is 2.29. The van der Waals surface area contributed by atoms with Gasteiger partial charge >= 0.3 is 0 Å². The molecule has 3 rings (SSSR count). The van der Waals surface area contributed by atoms with E-state index < -0.39 is 0 Å². The molecule has 0 unspecified atom stereocenters. The number of nitrogens with zero attached hydrogens (tertiary/aromatic N) is 4. The fourth-order valence-electron chi connectivity index (χ4n) is 2.35. The van der Waals surface area contributed by atoms with Crippen molar-refractivity contribution in [3.63, 3.8) is 0 Å². The lowest BCUT2D eigenvalue weighted by Crippen LogP contribution is -2.21. The van der Waals surface area contributed by atoms with Gasteiger partial charge in [-0.1, -0.05) is 0 Å². The molecule has 0 saturated heterocycles. The highest BCUT2D eigenvalue weighted by atomic mass is 16.5. The second kappa shape index (κ2) is 5.51. The molecule has 0 saturated carbocycles. The fourth-order valence-corrected chi connectivity index (χ4v) is 2.35. The van der Waals surface area contributed by atoms with Gasteiger partial charge in [0.25, 0.3) is 5.56 Å². The third-order valence-electron chi connectivity index (χ3n) is 3.44. The molecular formula is C15H16N4O3. The largest absolute Gasteiger partial charge is 0.493 e. The van der Waals surface area contributed by atoms with Crippen LogP contribution in [-0.2, 0) is 13.6 Å². The van der Waals surface area contributed by atoms with Crippen molar-refractivity contribution in [2.45, 2.75) is 6.54 Å². The molecule has 0 aliphatic rings. The van der Waals surface area contributed by atoms with Gasteiger partial charge in [0.2, 0.25) is 0 Å².